The molecular weight excluding hydrogens is 361 g/mol. The number of hydrogen-bond donors (Lipinski definition) is 0. The highest BCUT2D eigenvalue weighted by Gasteiger charge is 2.49. The van der Waals surface area contributed by atoms with Crippen LogP contribution in [0.15, 0.2) is 12.3 Å². The minimum absolute atomic E-state index is 0.0809. The molecule has 9 heteroatoms. The van der Waals surface area contributed by atoms with Crippen LogP contribution in [-0.4, -0.2) is 28.3 Å². The summed E-state index contributed by atoms with van der Waals surface area (Å²) in [5.41, 5.74) is -5.47. The van der Waals surface area contributed by atoms with Crippen molar-refractivity contribution in [2.45, 2.75) is 77.2 Å². The van der Waals surface area contributed by atoms with Crippen LogP contribution in [0.25, 0.3) is 0 Å². The van der Waals surface area contributed by atoms with Crippen molar-refractivity contribution in [1.29, 1.82) is 0 Å². The number of hydrogen-bond acceptors (Lipinski definition) is 4. The summed E-state index contributed by atoms with van der Waals surface area (Å²) in [4.78, 5) is 0. The van der Waals surface area contributed by atoms with Gasteiger partial charge in [-0.2, -0.15) is 21.6 Å². The van der Waals surface area contributed by atoms with Gasteiger partial charge in [0.1, 0.15) is 5.76 Å². The highest BCUT2D eigenvalue weighted by atomic mass is 32.2. The first-order valence-electron chi connectivity index (χ1n) is 7.75. The maximum Gasteiger partial charge on any atom is 0.534 e. The second-order valence-corrected chi connectivity index (χ2v) is 14.1. The lowest BCUT2D eigenvalue weighted by Gasteiger charge is -2.39. The molecule has 24 heavy (non-hydrogen) atoms. The van der Waals surface area contributed by atoms with E-state index in [-0.39, 0.29) is 17.4 Å². The zero-order valence-corrected chi connectivity index (χ0v) is 17.3. The first-order chi connectivity index (χ1) is 10.4. The fourth-order valence-electron chi connectivity index (χ4n) is 1.78. The number of halogens is 3. The van der Waals surface area contributed by atoms with Crippen LogP contribution in [0, 0.1) is 5.92 Å². The molecule has 0 saturated heterocycles. The Morgan fingerprint density at radius 2 is 1.62 bits per heavy atom. The normalized spacial score (nSPS) is 15.5. The Balaban J connectivity index is 5.15. The highest BCUT2D eigenvalue weighted by Crippen LogP contribution is 2.39. The van der Waals surface area contributed by atoms with Gasteiger partial charge in [-0.1, -0.05) is 41.2 Å². The van der Waals surface area contributed by atoms with Gasteiger partial charge in [-0.15, -0.1) is 0 Å². The van der Waals surface area contributed by atoms with E-state index in [1.807, 2.05) is 47.7 Å². The van der Waals surface area contributed by atoms with Crippen LogP contribution < -0.4 is 0 Å². The Hall–Kier alpha value is -0.543. The lowest BCUT2D eigenvalue weighted by molar-refractivity contribution is -0.0526. The zero-order valence-electron chi connectivity index (χ0n) is 15.5. The molecule has 0 aromatic heterocycles. The van der Waals surface area contributed by atoms with E-state index in [4.69, 9.17) is 4.43 Å². The third-order valence-corrected chi connectivity index (χ3v) is 9.53. The number of alkyl halides is 3. The third kappa shape index (κ3) is 7.14. The van der Waals surface area contributed by atoms with E-state index in [0.717, 1.165) is 0 Å². The van der Waals surface area contributed by atoms with E-state index < -0.39 is 35.8 Å². The minimum Gasteiger partial charge on any atom is -0.413 e. The third-order valence-electron chi connectivity index (χ3n) is 3.97. The lowest BCUT2D eigenvalue weighted by atomic mass is 10.0. The second-order valence-electron chi connectivity index (χ2n) is 7.86. The van der Waals surface area contributed by atoms with Crippen molar-refractivity contribution in [3.8, 4) is 0 Å². The van der Waals surface area contributed by atoms with Crippen molar-refractivity contribution < 1.29 is 30.2 Å². The molecule has 0 aliphatic rings. The van der Waals surface area contributed by atoms with E-state index in [0.29, 0.717) is 6.42 Å². The highest BCUT2D eigenvalue weighted by molar-refractivity contribution is 7.87. The molecule has 0 spiro atoms. The largest absolute Gasteiger partial charge is 0.534 e. The molecule has 0 fully saturated rings. The quantitative estimate of drug-likeness (QED) is 0.248. The van der Waals surface area contributed by atoms with Gasteiger partial charge in [0.25, 0.3) is 0 Å². The molecule has 0 unspecified atom stereocenters. The predicted molar refractivity (Wildman–Crippen MR) is 91.3 cm³/mol. The molecule has 0 heterocycles. The number of rotatable bonds is 8. The van der Waals surface area contributed by atoms with Gasteiger partial charge in [-0.05, 0) is 30.5 Å². The van der Waals surface area contributed by atoms with Crippen molar-refractivity contribution in [1.82, 2.24) is 0 Å². The van der Waals surface area contributed by atoms with E-state index in [1.165, 1.54) is 0 Å². The Labute approximate surface area is 144 Å². The molecule has 0 saturated carbocycles. The predicted octanol–water partition coefficient (Wildman–Crippen LogP) is 5.19. The van der Waals surface area contributed by atoms with Gasteiger partial charge in [0.05, 0.1) is 6.10 Å². The van der Waals surface area contributed by atoms with Crippen molar-refractivity contribution >= 4 is 18.4 Å². The van der Waals surface area contributed by atoms with Crippen molar-refractivity contribution in [3.63, 3.8) is 0 Å². The first-order valence-corrected chi connectivity index (χ1v) is 12.1. The van der Waals surface area contributed by atoms with Gasteiger partial charge in [0.2, 0.25) is 0 Å². The van der Waals surface area contributed by atoms with Crippen LogP contribution in [0.2, 0.25) is 18.1 Å². The summed E-state index contributed by atoms with van der Waals surface area (Å²) in [5, 5.41) is -0.0809. The van der Waals surface area contributed by atoms with Gasteiger partial charge >= 0.3 is 15.6 Å². The van der Waals surface area contributed by atoms with E-state index in [9.17, 15) is 21.6 Å². The standard InChI is InChI=1S/C15H29F3O4SSi/c1-11(2)9-13(22-24(7,8)14(4,5)6)10-12(3)21-23(19,20)15(16,17)18/h11,13H,3,9-10H2,1-2,4-8H3/t13-/m0/s1. The van der Waals surface area contributed by atoms with Crippen LogP contribution in [0.5, 0.6) is 0 Å². The smallest absolute Gasteiger partial charge is 0.413 e. The molecule has 0 rings (SSSR count). The second kappa shape index (κ2) is 7.78. The average Bonchev–Trinajstić information content (AvgIpc) is 2.22. The fourth-order valence-corrected chi connectivity index (χ4v) is 3.62. The van der Waals surface area contributed by atoms with Crippen molar-refractivity contribution in [3.05, 3.63) is 12.3 Å². The van der Waals surface area contributed by atoms with Gasteiger partial charge in [-0.3, -0.25) is 0 Å². The molecule has 0 aliphatic carbocycles. The summed E-state index contributed by atoms with van der Waals surface area (Å²) in [6.07, 6.45) is 0.0304. The van der Waals surface area contributed by atoms with E-state index >= 15 is 0 Å². The first kappa shape index (κ1) is 23.5. The molecule has 1 atom stereocenters. The molecule has 0 aromatic carbocycles. The van der Waals surface area contributed by atoms with Crippen molar-refractivity contribution in [2.75, 3.05) is 0 Å². The summed E-state index contributed by atoms with van der Waals surface area (Å²) in [5.74, 6) is -0.233. The summed E-state index contributed by atoms with van der Waals surface area (Å²) in [6.45, 7) is 17.4. The molecule has 0 aliphatic heterocycles. The average molecular weight is 391 g/mol. The van der Waals surface area contributed by atoms with Gasteiger partial charge in [0.15, 0.2) is 8.32 Å². The minimum atomic E-state index is -5.69. The summed E-state index contributed by atoms with van der Waals surface area (Å²) < 4.78 is 69.6. The zero-order chi connectivity index (χ0) is 19.6. The summed E-state index contributed by atoms with van der Waals surface area (Å²) in [6, 6.07) is 0. The Morgan fingerprint density at radius 1 is 1.17 bits per heavy atom. The monoisotopic (exact) mass is 390 g/mol. The maximum atomic E-state index is 12.4. The molecule has 0 radical (unpaired) electrons. The topological polar surface area (TPSA) is 52.6 Å². The summed E-state index contributed by atoms with van der Waals surface area (Å²) in [7, 11) is -7.85. The molecular formula is C15H29F3O4SSi. The molecule has 0 amide bonds. The van der Waals surface area contributed by atoms with Gasteiger partial charge in [-0.25, -0.2) is 0 Å². The van der Waals surface area contributed by atoms with Gasteiger partial charge < -0.3 is 8.61 Å². The van der Waals surface area contributed by atoms with Gasteiger partial charge in [0, 0.05) is 6.42 Å². The fraction of sp³-hybridized carbons (Fsp3) is 0.867. The van der Waals surface area contributed by atoms with Crippen LogP contribution in [0.3, 0.4) is 0 Å². The molecule has 144 valence electrons. The Bertz CT molecular complexity index is 534. The van der Waals surface area contributed by atoms with E-state index in [2.05, 4.69) is 10.8 Å². The van der Waals surface area contributed by atoms with Crippen LogP contribution in [-0.2, 0) is 18.7 Å². The van der Waals surface area contributed by atoms with E-state index in [1.54, 1.807) is 0 Å². The summed E-state index contributed by atoms with van der Waals surface area (Å²) >= 11 is 0. The molecule has 0 bridgehead atoms. The molecule has 0 N–H and O–H groups in total. The molecule has 0 aromatic rings. The van der Waals surface area contributed by atoms with Crippen LogP contribution >= 0.6 is 0 Å². The van der Waals surface area contributed by atoms with Crippen LogP contribution in [0.4, 0.5) is 13.2 Å². The Kier molecular flexibility index (Phi) is 7.60. The van der Waals surface area contributed by atoms with Crippen LogP contribution in [0.1, 0.15) is 47.5 Å². The maximum absolute atomic E-state index is 12.4. The Morgan fingerprint density at radius 3 is 1.96 bits per heavy atom. The SMILES string of the molecule is C=C(C[C@H](CC(C)C)O[Si](C)(C)C(C)(C)C)OS(=O)(=O)C(F)(F)F. The molecule has 4 nitrogen and oxygen atoms in total. The van der Waals surface area contributed by atoms with Crippen molar-refractivity contribution in [2.24, 2.45) is 5.92 Å². The lowest BCUT2D eigenvalue weighted by Crippen LogP contribution is -2.44.